The number of carbonyl (C=O) groups is 5. The van der Waals surface area contributed by atoms with Gasteiger partial charge in [-0.15, -0.1) is 5.10 Å². The summed E-state index contributed by atoms with van der Waals surface area (Å²) >= 11 is 0. The summed E-state index contributed by atoms with van der Waals surface area (Å²) in [7, 11) is 0. The van der Waals surface area contributed by atoms with Crippen LogP contribution in [0.4, 0.5) is 5.69 Å². The van der Waals surface area contributed by atoms with E-state index in [4.69, 9.17) is 5.11 Å². The summed E-state index contributed by atoms with van der Waals surface area (Å²) in [4.78, 5) is 60.9. The van der Waals surface area contributed by atoms with Crippen LogP contribution in [0.15, 0.2) is 24.4 Å². The molecule has 1 saturated heterocycles. The highest BCUT2D eigenvalue weighted by atomic mass is 16.4. The van der Waals surface area contributed by atoms with Crippen molar-refractivity contribution >= 4 is 35.3 Å². The number of carboxylic acids is 1. The number of benzene rings is 1. The zero-order valence-electron chi connectivity index (χ0n) is 15.5. The quantitative estimate of drug-likeness (QED) is 0.524. The first-order chi connectivity index (χ1) is 14.3. The Morgan fingerprint density at radius 2 is 2.03 bits per heavy atom. The number of amides is 4. The van der Waals surface area contributed by atoms with Crippen LogP contribution in [0.2, 0.25) is 0 Å². The molecular weight excluding hydrogens is 396 g/mol. The highest BCUT2D eigenvalue weighted by Gasteiger charge is 2.45. The van der Waals surface area contributed by atoms with E-state index in [1.165, 1.54) is 12.3 Å². The molecule has 2 aromatic rings. The first-order valence-electron chi connectivity index (χ1n) is 9.04. The van der Waals surface area contributed by atoms with Crippen LogP contribution in [0.1, 0.15) is 39.3 Å². The van der Waals surface area contributed by atoms with Crippen LogP contribution in [-0.4, -0.2) is 60.6 Å². The summed E-state index contributed by atoms with van der Waals surface area (Å²) in [5.74, 6) is -3.39. The van der Waals surface area contributed by atoms with E-state index in [1.54, 1.807) is 12.1 Å². The fraction of sp³-hybridized carbons (Fsp3) is 0.278. The molecular formula is C18H16N6O6. The monoisotopic (exact) mass is 412 g/mol. The number of imide groups is 2. The molecule has 154 valence electrons. The Labute approximate surface area is 168 Å². The third-order valence-electron chi connectivity index (χ3n) is 4.81. The topological polar surface area (TPSA) is 164 Å². The zero-order valence-corrected chi connectivity index (χ0v) is 15.5. The van der Waals surface area contributed by atoms with Crippen LogP contribution in [0.25, 0.3) is 0 Å². The fourth-order valence-corrected chi connectivity index (χ4v) is 3.48. The standard InChI is InChI=1S/C18H16N6O6/c25-13-5-4-12(16(28)20-13)24-17(29)10-2-1-3-11(15(10)18(24)30)19-6-9-7-23(22-21-9)8-14(26)27/h1-3,7,12,19H,4-6,8H2,(H,26,27)(H,20,25,28). The third kappa shape index (κ3) is 3.38. The molecule has 0 aliphatic carbocycles. The first-order valence-corrected chi connectivity index (χ1v) is 9.04. The third-order valence-corrected chi connectivity index (χ3v) is 4.81. The molecule has 3 N–H and O–H groups in total. The number of aromatic nitrogens is 3. The Hall–Kier alpha value is -4.09. The van der Waals surface area contributed by atoms with Gasteiger partial charge < -0.3 is 10.4 Å². The maximum atomic E-state index is 13.0. The zero-order chi connectivity index (χ0) is 21.4. The second kappa shape index (κ2) is 7.39. The van der Waals surface area contributed by atoms with E-state index >= 15 is 0 Å². The molecule has 3 heterocycles. The van der Waals surface area contributed by atoms with Gasteiger partial charge in [0.2, 0.25) is 11.8 Å². The van der Waals surface area contributed by atoms with Crippen LogP contribution in [0, 0.1) is 0 Å². The average molecular weight is 412 g/mol. The predicted octanol–water partition coefficient (Wildman–Crippen LogP) is -0.624. The lowest BCUT2D eigenvalue weighted by atomic mass is 10.0. The summed E-state index contributed by atoms with van der Waals surface area (Å²) in [5.41, 5.74) is 1.09. The van der Waals surface area contributed by atoms with Crippen molar-refractivity contribution in [1.82, 2.24) is 25.2 Å². The van der Waals surface area contributed by atoms with Crippen molar-refractivity contribution in [2.24, 2.45) is 0 Å². The van der Waals surface area contributed by atoms with E-state index in [9.17, 15) is 24.0 Å². The first kappa shape index (κ1) is 19.2. The van der Waals surface area contributed by atoms with Crippen molar-refractivity contribution in [3.05, 3.63) is 41.2 Å². The van der Waals surface area contributed by atoms with E-state index in [1.807, 2.05) is 0 Å². The number of nitrogens with one attached hydrogen (secondary N) is 2. The number of aliphatic carboxylic acids is 1. The molecule has 2 aliphatic heterocycles. The van der Waals surface area contributed by atoms with Crippen molar-refractivity contribution in [3.8, 4) is 0 Å². The maximum Gasteiger partial charge on any atom is 0.325 e. The van der Waals surface area contributed by atoms with Gasteiger partial charge in [0.1, 0.15) is 18.3 Å². The summed E-state index contributed by atoms with van der Waals surface area (Å²) < 4.78 is 1.16. The number of carbonyl (C=O) groups excluding carboxylic acids is 4. The van der Waals surface area contributed by atoms with Crippen LogP contribution >= 0.6 is 0 Å². The number of carboxylic acid groups (broad SMARTS) is 1. The van der Waals surface area contributed by atoms with Gasteiger partial charge in [-0.25, -0.2) is 4.68 Å². The van der Waals surface area contributed by atoms with E-state index in [-0.39, 0.29) is 37.1 Å². The van der Waals surface area contributed by atoms with E-state index in [2.05, 4.69) is 20.9 Å². The summed E-state index contributed by atoms with van der Waals surface area (Å²) in [6.45, 7) is -0.197. The maximum absolute atomic E-state index is 13.0. The second-order valence-corrected chi connectivity index (χ2v) is 6.83. The SMILES string of the molecule is O=C(O)Cn1cc(CNc2cccc3c2C(=O)N(C2CCC(=O)NC2=O)C3=O)nn1. The second-order valence-electron chi connectivity index (χ2n) is 6.83. The summed E-state index contributed by atoms with van der Waals surface area (Å²) in [6.07, 6.45) is 1.57. The summed E-state index contributed by atoms with van der Waals surface area (Å²) in [6, 6.07) is 3.66. The molecule has 0 saturated carbocycles. The fourth-order valence-electron chi connectivity index (χ4n) is 3.48. The van der Waals surface area contributed by atoms with Gasteiger partial charge >= 0.3 is 5.97 Å². The van der Waals surface area contributed by atoms with Gasteiger partial charge in [-0.2, -0.15) is 0 Å². The number of rotatable bonds is 6. The van der Waals surface area contributed by atoms with Crippen molar-refractivity contribution in [2.45, 2.75) is 32.0 Å². The smallest absolute Gasteiger partial charge is 0.325 e. The van der Waals surface area contributed by atoms with Crippen LogP contribution < -0.4 is 10.6 Å². The molecule has 0 radical (unpaired) electrons. The highest BCUT2D eigenvalue weighted by molar-refractivity contribution is 6.25. The van der Waals surface area contributed by atoms with Crippen LogP contribution in [0.5, 0.6) is 0 Å². The lowest BCUT2D eigenvalue weighted by molar-refractivity contribution is -0.138. The Morgan fingerprint density at radius 3 is 2.77 bits per heavy atom. The molecule has 0 spiro atoms. The van der Waals surface area contributed by atoms with Gasteiger partial charge in [-0.1, -0.05) is 11.3 Å². The van der Waals surface area contributed by atoms with E-state index in [0.717, 1.165) is 9.58 Å². The van der Waals surface area contributed by atoms with Gasteiger partial charge in [-0.05, 0) is 18.6 Å². The largest absolute Gasteiger partial charge is 0.480 e. The molecule has 12 nitrogen and oxygen atoms in total. The van der Waals surface area contributed by atoms with Gasteiger partial charge in [-0.3, -0.25) is 34.2 Å². The molecule has 0 bridgehead atoms. The van der Waals surface area contributed by atoms with Crippen molar-refractivity contribution in [3.63, 3.8) is 0 Å². The molecule has 1 fully saturated rings. The number of anilines is 1. The Kier molecular flexibility index (Phi) is 4.74. The average Bonchev–Trinajstić information content (AvgIpc) is 3.23. The molecule has 4 amide bonds. The van der Waals surface area contributed by atoms with Gasteiger partial charge in [0, 0.05) is 12.1 Å². The molecule has 1 aromatic heterocycles. The Morgan fingerprint density at radius 1 is 1.23 bits per heavy atom. The number of nitrogens with zero attached hydrogens (tertiary/aromatic N) is 4. The molecule has 2 aliphatic rings. The minimum absolute atomic E-state index is 0.0426. The van der Waals surface area contributed by atoms with E-state index in [0.29, 0.717) is 11.4 Å². The highest BCUT2D eigenvalue weighted by Crippen LogP contribution is 2.32. The Bertz CT molecular complexity index is 1090. The lowest BCUT2D eigenvalue weighted by Gasteiger charge is -2.27. The lowest BCUT2D eigenvalue weighted by Crippen LogP contribution is -2.54. The number of piperidine rings is 1. The molecule has 30 heavy (non-hydrogen) atoms. The predicted molar refractivity (Wildman–Crippen MR) is 98.1 cm³/mol. The van der Waals surface area contributed by atoms with Crippen LogP contribution in [-0.2, 0) is 27.5 Å². The van der Waals surface area contributed by atoms with Gasteiger partial charge in [0.05, 0.1) is 23.9 Å². The van der Waals surface area contributed by atoms with Crippen molar-refractivity contribution in [1.29, 1.82) is 0 Å². The van der Waals surface area contributed by atoms with Crippen molar-refractivity contribution < 1.29 is 29.1 Å². The Balaban J connectivity index is 1.54. The normalized spacial score (nSPS) is 18.4. The molecule has 1 atom stereocenters. The molecule has 12 heteroatoms. The minimum atomic E-state index is -1.06. The number of hydrogen-bond donors (Lipinski definition) is 3. The van der Waals surface area contributed by atoms with E-state index < -0.39 is 35.6 Å². The van der Waals surface area contributed by atoms with Crippen molar-refractivity contribution in [2.75, 3.05) is 5.32 Å². The molecule has 1 aromatic carbocycles. The van der Waals surface area contributed by atoms with Gasteiger partial charge in [0.15, 0.2) is 0 Å². The van der Waals surface area contributed by atoms with Gasteiger partial charge in [0.25, 0.3) is 11.8 Å². The van der Waals surface area contributed by atoms with Crippen LogP contribution in [0.3, 0.4) is 0 Å². The molecule has 4 rings (SSSR count). The number of hydrogen-bond acceptors (Lipinski definition) is 8. The summed E-state index contributed by atoms with van der Waals surface area (Å²) in [5, 5.41) is 21.5. The minimum Gasteiger partial charge on any atom is -0.480 e. The molecule has 1 unspecified atom stereocenters. The number of fused-ring (bicyclic) bond motifs is 1.